The van der Waals surface area contributed by atoms with Gasteiger partial charge in [-0.05, 0) is 18.2 Å². The standard InChI is InChI=1S/C18H13ClN4OS/c19-12-6-7-14-16(8-12)25-18(21-14)23-10-15(24)13(9-20)17(22-23)11-4-2-1-3-5-11/h1-9H,10,20H2/b13-9-. The van der Waals surface area contributed by atoms with Gasteiger partial charge < -0.3 is 5.73 Å². The number of anilines is 1. The van der Waals surface area contributed by atoms with Crippen molar-refractivity contribution in [2.75, 3.05) is 11.6 Å². The van der Waals surface area contributed by atoms with E-state index in [9.17, 15) is 4.79 Å². The molecule has 124 valence electrons. The number of carbonyl (C=O) groups excluding carboxylic acids is 1. The van der Waals surface area contributed by atoms with Gasteiger partial charge in [-0.2, -0.15) is 5.10 Å². The number of carbonyl (C=O) groups is 1. The van der Waals surface area contributed by atoms with Crippen LogP contribution in [0.15, 0.2) is 65.4 Å². The van der Waals surface area contributed by atoms with Crippen LogP contribution in [0.3, 0.4) is 0 Å². The number of hydrogen-bond acceptors (Lipinski definition) is 6. The van der Waals surface area contributed by atoms with Crippen molar-refractivity contribution in [1.29, 1.82) is 0 Å². The molecule has 0 aliphatic carbocycles. The van der Waals surface area contributed by atoms with Gasteiger partial charge in [0.1, 0.15) is 12.3 Å². The highest BCUT2D eigenvalue weighted by Gasteiger charge is 2.28. The Labute approximate surface area is 153 Å². The Balaban J connectivity index is 1.82. The second kappa shape index (κ2) is 6.31. The lowest BCUT2D eigenvalue weighted by atomic mass is 9.98. The SMILES string of the molecule is N/C=C1/C(=O)CN(c2nc3ccc(Cl)cc3s2)N=C1c1ccccc1. The van der Waals surface area contributed by atoms with Crippen molar-refractivity contribution >= 4 is 49.8 Å². The third-order valence-electron chi connectivity index (χ3n) is 3.84. The fraction of sp³-hybridized carbons (Fsp3) is 0.0556. The van der Waals surface area contributed by atoms with Gasteiger partial charge in [-0.15, -0.1) is 0 Å². The molecule has 0 saturated carbocycles. The number of halogens is 1. The van der Waals surface area contributed by atoms with E-state index in [1.807, 2.05) is 42.5 Å². The molecule has 5 nitrogen and oxygen atoms in total. The number of thiazole rings is 1. The average Bonchev–Trinajstić information content (AvgIpc) is 3.05. The largest absolute Gasteiger partial charge is 0.404 e. The molecule has 0 spiro atoms. The number of nitrogens with two attached hydrogens (primary N) is 1. The molecule has 0 radical (unpaired) electrons. The second-order valence-electron chi connectivity index (χ2n) is 5.48. The lowest BCUT2D eigenvalue weighted by molar-refractivity contribution is -0.114. The Hall–Kier alpha value is -2.70. The van der Waals surface area contributed by atoms with E-state index >= 15 is 0 Å². The first kappa shape index (κ1) is 15.8. The quantitative estimate of drug-likeness (QED) is 0.702. The molecule has 0 bridgehead atoms. The van der Waals surface area contributed by atoms with Crippen LogP contribution >= 0.6 is 22.9 Å². The number of fused-ring (bicyclic) bond motifs is 1. The molecule has 4 rings (SSSR count). The van der Waals surface area contributed by atoms with Gasteiger partial charge in [0.25, 0.3) is 0 Å². The molecule has 0 unspecified atom stereocenters. The van der Waals surface area contributed by atoms with Crippen molar-refractivity contribution in [1.82, 2.24) is 4.98 Å². The monoisotopic (exact) mass is 368 g/mol. The molecule has 1 aromatic heterocycles. The minimum atomic E-state index is -0.0892. The Morgan fingerprint density at radius 1 is 1.20 bits per heavy atom. The highest BCUT2D eigenvalue weighted by atomic mass is 35.5. The first-order valence-electron chi connectivity index (χ1n) is 7.59. The Kier molecular flexibility index (Phi) is 3.99. The van der Waals surface area contributed by atoms with E-state index in [-0.39, 0.29) is 12.3 Å². The maximum Gasteiger partial charge on any atom is 0.207 e. The van der Waals surface area contributed by atoms with Gasteiger partial charge in [-0.3, -0.25) is 4.79 Å². The number of hydrogen-bond donors (Lipinski definition) is 1. The molecule has 25 heavy (non-hydrogen) atoms. The van der Waals surface area contributed by atoms with E-state index in [2.05, 4.69) is 10.1 Å². The minimum Gasteiger partial charge on any atom is -0.404 e. The van der Waals surface area contributed by atoms with E-state index < -0.39 is 0 Å². The molecule has 1 aliphatic rings. The van der Waals surface area contributed by atoms with E-state index in [1.165, 1.54) is 17.5 Å². The number of nitrogens with zero attached hydrogens (tertiary/aromatic N) is 3. The highest BCUT2D eigenvalue weighted by Crippen LogP contribution is 2.32. The summed E-state index contributed by atoms with van der Waals surface area (Å²) in [7, 11) is 0. The van der Waals surface area contributed by atoms with Crippen LogP contribution in [0.1, 0.15) is 5.56 Å². The van der Waals surface area contributed by atoms with Crippen LogP contribution in [0.5, 0.6) is 0 Å². The van der Waals surface area contributed by atoms with Crippen molar-refractivity contribution in [3.63, 3.8) is 0 Å². The second-order valence-corrected chi connectivity index (χ2v) is 6.93. The molecule has 0 fully saturated rings. The summed E-state index contributed by atoms with van der Waals surface area (Å²) < 4.78 is 0.951. The zero-order chi connectivity index (χ0) is 17.4. The number of ketones is 1. The topological polar surface area (TPSA) is 71.6 Å². The molecule has 2 N–H and O–H groups in total. The fourth-order valence-corrected chi connectivity index (χ4v) is 3.84. The van der Waals surface area contributed by atoms with Crippen molar-refractivity contribution < 1.29 is 4.79 Å². The van der Waals surface area contributed by atoms with Gasteiger partial charge in [0.05, 0.1) is 15.8 Å². The predicted molar refractivity (Wildman–Crippen MR) is 102 cm³/mol. The van der Waals surface area contributed by atoms with Crippen molar-refractivity contribution in [2.45, 2.75) is 0 Å². The highest BCUT2D eigenvalue weighted by molar-refractivity contribution is 7.22. The number of rotatable bonds is 2. The lowest BCUT2D eigenvalue weighted by Gasteiger charge is -2.23. The third-order valence-corrected chi connectivity index (χ3v) is 5.11. The van der Waals surface area contributed by atoms with Gasteiger partial charge in [0.15, 0.2) is 5.78 Å². The summed E-state index contributed by atoms with van der Waals surface area (Å²) in [5.41, 5.74) is 8.31. The smallest absolute Gasteiger partial charge is 0.207 e. The summed E-state index contributed by atoms with van der Waals surface area (Å²) >= 11 is 7.49. The van der Waals surface area contributed by atoms with E-state index in [1.54, 1.807) is 11.1 Å². The molecule has 7 heteroatoms. The summed E-state index contributed by atoms with van der Waals surface area (Å²) in [5.74, 6) is -0.0892. The van der Waals surface area contributed by atoms with Gasteiger partial charge in [-0.1, -0.05) is 53.3 Å². The first-order valence-corrected chi connectivity index (χ1v) is 8.78. The maximum absolute atomic E-state index is 12.5. The first-order chi connectivity index (χ1) is 12.2. The fourth-order valence-electron chi connectivity index (χ4n) is 2.65. The lowest BCUT2D eigenvalue weighted by Crippen LogP contribution is -2.35. The molecule has 0 saturated heterocycles. The molecule has 0 atom stereocenters. The van der Waals surface area contributed by atoms with Crippen LogP contribution in [0.25, 0.3) is 10.2 Å². The number of benzene rings is 2. The Morgan fingerprint density at radius 3 is 2.76 bits per heavy atom. The number of aromatic nitrogens is 1. The third kappa shape index (κ3) is 2.90. The van der Waals surface area contributed by atoms with Gasteiger partial charge in [0.2, 0.25) is 5.13 Å². The molecular weight excluding hydrogens is 356 g/mol. The molecule has 0 amide bonds. The molecule has 1 aliphatic heterocycles. The maximum atomic E-state index is 12.5. The van der Waals surface area contributed by atoms with Gasteiger partial charge in [0, 0.05) is 16.8 Å². The summed E-state index contributed by atoms with van der Waals surface area (Å²) in [6, 6.07) is 15.0. The van der Waals surface area contributed by atoms with Crippen LogP contribution in [-0.2, 0) is 4.79 Å². The van der Waals surface area contributed by atoms with Crippen LogP contribution in [-0.4, -0.2) is 23.0 Å². The van der Waals surface area contributed by atoms with Crippen molar-refractivity contribution in [3.8, 4) is 0 Å². The number of hydrazone groups is 1. The van der Waals surface area contributed by atoms with Crippen LogP contribution in [0.2, 0.25) is 5.02 Å². The normalized spacial score (nSPS) is 16.5. The zero-order valence-corrected chi connectivity index (χ0v) is 14.6. The molecule has 2 aromatic carbocycles. The van der Waals surface area contributed by atoms with Crippen molar-refractivity contribution in [3.05, 3.63) is 70.9 Å². The Morgan fingerprint density at radius 2 is 2.00 bits per heavy atom. The minimum absolute atomic E-state index is 0.0892. The predicted octanol–water partition coefficient (Wildman–Crippen LogP) is 3.59. The number of Topliss-reactive ketones (excluding diaryl/α,β-unsaturated/α-hetero) is 1. The average molecular weight is 369 g/mol. The van der Waals surface area contributed by atoms with E-state index in [0.29, 0.717) is 21.4 Å². The van der Waals surface area contributed by atoms with Crippen molar-refractivity contribution in [2.24, 2.45) is 10.8 Å². The van der Waals surface area contributed by atoms with E-state index in [4.69, 9.17) is 17.3 Å². The summed E-state index contributed by atoms with van der Waals surface area (Å²) in [5, 5.41) is 7.56. The van der Waals surface area contributed by atoms with Crippen LogP contribution in [0.4, 0.5) is 5.13 Å². The molecular formula is C18H13ClN4OS. The van der Waals surface area contributed by atoms with Crippen LogP contribution in [0, 0.1) is 0 Å². The summed E-state index contributed by atoms with van der Waals surface area (Å²) in [6.45, 7) is 0.104. The van der Waals surface area contributed by atoms with Crippen LogP contribution < -0.4 is 10.7 Å². The van der Waals surface area contributed by atoms with Gasteiger partial charge >= 0.3 is 0 Å². The molecule has 3 aromatic rings. The summed E-state index contributed by atoms with van der Waals surface area (Å²) in [6.07, 6.45) is 1.32. The zero-order valence-electron chi connectivity index (χ0n) is 13.0. The van der Waals surface area contributed by atoms with Gasteiger partial charge in [-0.25, -0.2) is 9.99 Å². The summed E-state index contributed by atoms with van der Waals surface area (Å²) in [4.78, 5) is 17.1. The molecule has 2 heterocycles. The van der Waals surface area contributed by atoms with E-state index in [0.717, 1.165) is 15.8 Å². The Bertz CT molecular complexity index is 1030.